The summed E-state index contributed by atoms with van der Waals surface area (Å²) in [5.41, 5.74) is 0.458. The van der Waals surface area contributed by atoms with Gasteiger partial charge in [-0.3, -0.25) is 15.2 Å². The number of thioether (sulfide) groups is 1. The molecule has 0 unspecified atom stereocenters. The lowest BCUT2D eigenvalue weighted by Crippen LogP contribution is -2.37. The molecular formula is C15H15ClF3N5OS. The van der Waals surface area contributed by atoms with Gasteiger partial charge in [0.05, 0.1) is 23.8 Å². The van der Waals surface area contributed by atoms with Crippen LogP contribution in [0.25, 0.3) is 5.69 Å². The maximum atomic E-state index is 12.4. The minimum Gasteiger partial charge on any atom is -0.303 e. The van der Waals surface area contributed by atoms with Gasteiger partial charge >= 0.3 is 6.18 Å². The SMILES string of the molecule is CCN(C(=O)C(=N)CSCC(F)(F)F)c1cn(-c2cccnc2)nc1Cl. The van der Waals surface area contributed by atoms with Crippen molar-refractivity contribution < 1.29 is 18.0 Å². The van der Waals surface area contributed by atoms with E-state index in [0.29, 0.717) is 17.4 Å². The van der Waals surface area contributed by atoms with Crippen molar-refractivity contribution >= 4 is 40.7 Å². The summed E-state index contributed by atoms with van der Waals surface area (Å²) < 4.78 is 38.0. The van der Waals surface area contributed by atoms with Crippen molar-refractivity contribution in [2.45, 2.75) is 13.1 Å². The summed E-state index contributed by atoms with van der Waals surface area (Å²) in [4.78, 5) is 17.6. The van der Waals surface area contributed by atoms with Crippen molar-refractivity contribution in [3.63, 3.8) is 0 Å². The third kappa shape index (κ3) is 5.21. The van der Waals surface area contributed by atoms with Gasteiger partial charge in [-0.2, -0.15) is 18.3 Å². The van der Waals surface area contributed by atoms with Crippen molar-refractivity contribution in [1.29, 1.82) is 5.41 Å². The van der Waals surface area contributed by atoms with Gasteiger partial charge in [-0.15, -0.1) is 11.8 Å². The largest absolute Gasteiger partial charge is 0.397 e. The molecule has 26 heavy (non-hydrogen) atoms. The number of aromatic nitrogens is 3. The summed E-state index contributed by atoms with van der Waals surface area (Å²) in [6.45, 7) is 1.86. The van der Waals surface area contributed by atoms with Crippen molar-refractivity contribution in [2.75, 3.05) is 23.0 Å². The van der Waals surface area contributed by atoms with Crippen LogP contribution in [-0.2, 0) is 4.79 Å². The van der Waals surface area contributed by atoms with Gasteiger partial charge in [0.25, 0.3) is 5.91 Å². The second kappa shape index (κ2) is 8.54. The number of nitrogens with zero attached hydrogens (tertiary/aromatic N) is 4. The minimum atomic E-state index is -4.34. The molecule has 11 heteroatoms. The van der Waals surface area contributed by atoms with E-state index in [4.69, 9.17) is 17.0 Å². The van der Waals surface area contributed by atoms with E-state index in [-0.39, 0.29) is 23.1 Å². The Kier molecular flexibility index (Phi) is 6.65. The zero-order valence-electron chi connectivity index (χ0n) is 13.6. The fourth-order valence-corrected chi connectivity index (χ4v) is 2.96. The van der Waals surface area contributed by atoms with Gasteiger partial charge in [-0.25, -0.2) is 4.68 Å². The molecule has 0 spiro atoms. The van der Waals surface area contributed by atoms with Gasteiger partial charge in [0.15, 0.2) is 5.15 Å². The molecule has 0 fully saturated rings. The van der Waals surface area contributed by atoms with Crippen LogP contribution in [0.15, 0.2) is 30.7 Å². The fourth-order valence-electron chi connectivity index (χ4n) is 2.06. The standard InChI is InChI=1S/C15H15ClF3N5OS/c1-2-23(14(25)11(20)8-26-9-15(17,18)19)12-7-24(22-13(12)16)10-4-3-5-21-6-10/h3-7,20H,2,8-9H2,1H3. The highest BCUT2D eigenvalue weighted by atomic mass is 35.5. The number of carbonyl (C=O) groups is 1. The first-order chi connectivity index (χ1) is 12.2. The topological polar surface area (TPSA) is 74.9 Å². The molecule has 0 radical (unpaired) electrons. The quantitative estimate of drug-likeness (QED) is 0.714. The van der Waals surface area contributed by atoms with E-state index < -0.39 is 23.5 Å². The molecule has 1 amide bonds. The molecule has 2 aromatic heterocycles. The van der Waals surface area contributed by atoms with Crippen molar-refractivity contribution in [1.82, 2.24) is 14.8 Å². The molecule has 0 aliphatic carbocycles. The molecule has 0 aliphatic rings. The molecule has 0 saturated carbocycles. The second-order valence-electron chi connectivity index (χ2n) is 5.10. The number of nitrogens with one attached hydrogen (secondary N) is 1. The lowest BCUT2D eigenvalue weighted by molar-refractivity contribution is -0.112. The summed E-state index contributed by atoms with van der Waals surface area (Å²) in [6.07, 6.45) is 0.321. The molecule has 6 nitrogen and oxygen atoms in total. The molecule has 0 saturated heterocycles. The zero-order valence-corrected chi connectivity index (χ0v) is 15.2. The lowest BCUT2D eigenvalue weighted by atomic mass is 10.3. The van der Waals surface area contributed by atoms with Crippen LogP contribution in [0.5, 0.6) is 0 Å². The average Bonchev–Trinajstić information content (AvgIpc) is 2.97. The molecule has 2 aromatic rings. The van der Waals surface area contributed by atoms with Gasteiger partial charge in [-0.05, 0) is 19.1 Å². The number of carbonyl (C=O) groups excluding carboxylic acids is 1. The van der Waals surface area contributed by atoms with Crippen LogP contribution >= 0.6 is 23.4 Å². The van der Waals surface area contributed by atoms with E-state index in [2.05, 4.69) is 10.1 Å². The van der Waals surface area contributed by atoms with Crippen LogP contribution < -0.4 is 4.90 Å². The number of hydrogen-bond acceptors (Lipinski definition) is 5. The van der Waals surface area contributed by atoms with Crippen LogP contribution in [0.2, 0.25) is 5.15 Å². The molecule has 2 heterocycles. The smallest absolute Gasteiger partial charge is 0.303 e. The van der Waals surface area contributed by atoms with Crippen LogP contribution in [0.1, 0.15) is 6.92 Å². The Morgan fingerprint density at radius 2 is 2.19 bits per heavy atom. The minimum absolute atomic E-state index is 0.0415. The Hall–Kier alpha value is -2.07. The number of halogens is 4. The molecule has 1 N–H and O–H groups in total. The van der Waals surface area contributed by atoms with E-state index in [1.165, 1.54) is 15.8 Å². The van der Waals surface area contributed by atoms with Crippen LogP contribution in [-0.4, -0.2) is 50.6 Å². The molecule has 0 atom stereocenters. The Balaban J connectivity index is 2.14. The van der Waals surface area contributed by atoms with Crippen molar-refractivity contribution in [2.24, 2.45) is 0 Å². The predicted molar refractivity (Wildman–Crippen MR) is 95.5 cm³/mol. The lowest BCUT2D eigenvalue weighted by Gasteiger charge is -2.19. The normalized spacial score (nSPS) is 11.4. The Morgan fingerprint density at radius 1 is 1.46 bits per heavy atom. The van der Waals surface area contributed by atoms with Gasteiger partial charge in [0.2, 0.25) is 0 Å². The summed E-state index contributed by atoms with van der Waals surface area (Å²) in [5.74, 6) is -2.17. The van der Waals surface area contributed by atoms with Crippen LogP contribution in [0, 0.1) is 5.41 Å². The average molecular weight is 406 g/mol. The summed E-state index contributed by atoms with van der Waals surface area (Å²) in [5, 5.41) is 11.9. The number of amides is 1. The Morgan fingerprint density at radius 3 is 2.77 bits per heavy atom. The molecule has 0 bridgehead atoms. The molecule has 0 aromatic carbocycles. The third-order valence-electron chi connectivity index (χ3n) is 3.18. The van der Waals surface area contributed by atoms with E-state index in [9.17, 15) is 18.0 Å². The van der Waals surface area contributed by atoms with Crippen molar-refractivity contribution in [3.8, 4) is 5.69 Å². The molecule has 2 rings (SSSR count). The fraction of sp³-hybridized carbons (Fsp3) is 0.333. The molecular weight excluding hydrogens is 391 g/mol. The second-order valence-corrected chi connectivity index (χ2v) is 6.44. The maximum Gasteiger partial charge on any atom is 0.397 e. The van der Waals surface area contributed by atoms with Crippen molar-refractivity contribution in [3.05, 3.63) is 35.9 Å². The molecule has 140 valence electrons. The van der Waals surface area contributed by atoms with E-state index in [1.807, 2.05) is 0 Å². The maximum absolute atomic E-state index is 12.4. The van der Waals surface area contributed by atoms with E-state index in [1.54, 1.807) is 31.5 Å². The first kappa shape index (κ1) is 20.2. The van der Waals surface area contributed by atoms with Gasteiger partial charge in [0, 0.05) is 18.5 Å². The Labute approximate surface area is 156 Å². The number of pyridine rings is 1. The predicted octanol–water partition coefficient (Wildman–Crippen LogP) is 3.59. The molecule has 0 aliphatic heterocycles. The number of hydrogen-bond donors (Lipinski definition) is 1. The first-order valence-electron chi connectivity index (χ1n) is 7.42. The number of alkyl halides is 3. The van der Waals surface area contributed by atoms with E-state index >= 15 is 0 Å². The summed E-state index contributed by atoms with van der Waals surface area (Å²) >= 11 is 6.58. The van der Waals surface area contributed by atoms with Gasteiger partial charge in [-0.1, -0.05) is 11.6 Å². The van der Waals surface area contributed by atoms with Gasteiger partial charge < -0.3 is 4.90 Å². The number of rotatable bonds is 7. The Bertz CT molecular complexity index is 781. The third-order valence-corrected chi connectivity index (χ3v) is 4.48. The zero-order chi connectivity index (χ0) is 19.3. The monoisotopic (exact) mass is 405 g/mol. The highest BCUT2D eigenvalue weighted by molar-refractivity contribution is 8.00. The highest BCUT2D eigenvalue weighted by Crippen LogP contribution is 2.27. The first-order valence-corrected chi connectivity index (χ1v) is 8.95. The highest BCUT2D eigenvalue weighted by Gasteiger charge is 2.28. The van der Waals surface area contributed by atoms with Crippen LogP contribution in [0.3, 0.4) is 0 Å². The van der Waals surface area contributed by atoms with Gasteiger partial charge in [0.1, 0.15) is 11.4 Å². The van der Waals surface area contributed by atoms with E-state index in [0.717, 1.165) is 0 Å². The van der Waals surface area contributed by atoms with Crippen LogP contribution in [0.4, 0.5) is 18.9 Å². The summed E-state index contributed by atoms with van der Waals surface area (Å²) in [7, 11) is 0. The number of anilines is 1. The summed E-state index contributed by atoms with van der Waals surface area (Å²) in [6, 6.07) is 3.45.